The van der Waals surface area contributed by atoms with Crippen LogP contribution in [0.5, 0.6) is 0 Å². The van der Waals surface area contributed by atoms with E-state index in [1.165, 1.54) is 50.5 Å². The smallest absolute Gasteiger partial charge is 0.115 e. The molecule has 1 saturated carbocycles. The number of nitrogens with zero attached hydrogens (tertiary/aromatic N) is 2. The highest BCUT2D eigenvalue weighted by Gasteiger charge is 2.18. The fourth-order valence-corrected chi connectivity index (χ4v) is 2.84. The van der Waals surface area contributed by atoms with Crippen LogP contribution < -0.4 is 5.32 Å². The molecule has 1 aromatic rings. The summed E-state index contributed by atoms with van der Waals surface area (Å²) >= 11 is 0. The van der Waals surface area contributed by atoms with E-state index in [4.69, 9.17) is 0 Å². The SMILES string of the molecule is CNC(CC1CCCCCC1)c1cncnc1. The zero-order chi connectivity index (χ0) is 11.9. The number of aromatic nitrogens is 2. The van der Waals surface area contributed by atoms with Crippen molar-refractivity contribution >= 4 is 0 Å². The molecule has 2 rings (SSSR count). The van der Waals surface area contributed by atoms with Crippen LogP contribution in [-0.4, -0.2) is 17.0 Å². The van der Waals surface area contributed by atoms with Crippen molar-refractivity contribution in [2.45, 2.75) is 51.0 Å². The Hall–Kier alpha value is -0.960. The monoisotopic (exact) mass is 233 g/mol. The van der Waals surface area contributed by atoms with Gasteiger partial charge in [-0.3, -0.25) is 0 Å². The number of hydrogen-bond acceptors (Lipinski definition) is 3. The lowest BCUT2D eigenvalue weighted by atomic mass is 9.90. The normalized spacial score (nSPS) is 19.8. The van der Waals surface area contributed by atoms with E-state index >= 15 is 0 Å². The van der Waals surface area contributed by atoms with Crippen LogP contribution in [0.1, 0.15) is 56.6 Å². The Morgan fingerprint density at radius 1 is 1.18 bits per heavy atom. The fraction of sp³-hybridized carbons (Fsp3) is 0.714. The van der Waals surface area contributed by atoms with Gasteiger partial charge in [0.1, 0.15) is 6.33 Å². The molecule has 1 N–H and O–H groups in total. The maximum absolute atomic E-state index is 4.11. The first kappa shape index (κ1) is 12.5. The number of rotatable bonds is 4. The molecule has 3 heteroatoms. The van der Waals surface area contributed by atoms with Gasteiger partial charge in [0.15, 0.2) is 0 Å². The van der Waals surface area contributed by atoms with Crippen molar-refractivity contribution in [3.05, 3.63) is 24.3 Å². The summed E-state index contributed by atoms with van der Waals surface area (Å²) in [6, 6.07) is 0.416. The summed E-state index contributed by atoms with van der Waals surface area (Å²) in [6.07, 6.45) is 15.2. The second kappa shape index (κ2) is 6.70. The van der Waals surface area contributed by atoms with E-state index in [0.29, 0.717) is 6.04 Å². The molecule has 94 valence electrons. The van der Waals surface area contributed by atoms with Gasteiger partial charge in [0.05, 0.1) is 0 Å². The first-order chi connectivity index (χ1) is 8.40. The second-order valence-electron chi connectivity index (χ2n) is 5.11. The van der Waals surface area contributed by atoms with Crippen molar-refractivity contribution in [3.8, 4) is 0 Å². The summed E-state index contributed by atoms with van der Waals surface area (Å²) in [5, 5.41) is 3.41. The average Bonchev–Trinajstić information content (AvgIpc) is 2.65. The summed E-state index contributed by atoms with van der Waals surface area (Å²) < 4.78 is 0. The van der Waals surface area contributed by atoms with Crippen LogP contribution in [0.25, 0.3) is 0 Å². The molecule has 1 fully saturated rings. The van der Waals surface area contributed by atoms with Crippen LogP contribution in [0.3, 0.4) is 0 Å². The minimum Gasteiger partial charge on any atom is -0.313 e. The van der Waals surface area contributed by atoms with E-state index in [1.807, 2.05) is 19.4 Å². The molecule has 0 aliphatic heterocycles. The minimum absolute atomic E-state index is 0.416. The molecule has 0 spiro atoms. The van der Waals surface area contributed by atoms with E-state index in [-0.39, 0.29) is 0 Å². The quantitative estimate of drug-likeness (QED) is 0.812. The zero-order valence-corrected chi connectivity index (χ0v) is 10.7. The van der Waals surface area contributed by atoms with Crippen LogP contribution in [0.15, 0.2) is 18.7 Å². The lowest BCUT2D eigenvalue weighted by Gasteiger charge is -2.22. The molecule has 3 nitrogen and oxygen atoms in total. The Morgan fingerprint density at radius 3 is 2.41 bits per heavy atom. The van der Waals surface area contributed by atoms with Crippen LogP contribution >= 0.6 is 0 Å². The Kier molecular flexibility index (Phi) is 4.92. The summed E-state index contributed by atoms with van der Waals surface area (Å²) in [5.41, 5.74) is 1.22. The van der Waals surface area contributed by atoms with Crippen LogP contribution in [0.2, 0.25) is 0 Å². The van der Waals surface area contributed by atoms with Gasteiger partial charge < -0.3 is 5.32 Å². The van der Waals surface area contributed by atoms with Gasteiger partial charge >= 0.3 is 0 Å². The van der Waals surface area contributed by atoms with Gasteiger partial charge in [0, 0.05) is 24.0 Å². The summed E-state index contributed by atoms with van der Waals surface area (Å²) in [5.74, 6) is 0.871. The number of hydrogen-bond donors (Lipinski definition) is 1. The van der Waals surface area contributed by atoms with Crippen molar-refractivity contribution < 1.29 is 0 Å². The molecule has 17 heavy (non-hydrogen) atoms. The third-order valence-electron chi connectivity index (χ3n) is 3.88. The van der Waals surface area contributed by atoms with Gasteiger partial charge in [-0.1, -0.05) is 38.5 Å². The van der Waals surface area contributed by atoms with Crippen LogP contribution in [-0.2, 0) is 0 Å². The average molecular weight is 233 g/mol. The molecule has 0 bridgehead atoms. The third-order valence-corrected chi connectivity index (χ3v) is 3.88. The van der Waals surface area contributed by atoms with Crippen molar-refractivity contribution in [1.82, 2.24) is 15.3 Å². The second-order valence-corrected chi connectivity index (χ2v) is 5.11. The maximum Gasteiger partial charge on any atom is 0.115 e. The standard InChI is InChI=1S/C14H23N3/c1-15-14(13-9-16-11-17-10-13)8-12-6-4-2-3-5-7-12/h9-12,14-15H,2-8H2,1H3. The third kappa shape index (κ3) is 3.77. The molecule has 1 aliphatic rings. The van der Waals surface area contributed by atoms with Gasteiger partial charge in [-0.05, 0) is 19.4 Å². The predicted molar refractivity (Wildman–Crippen MR) is 69.6 cm³/mol. The lowest BCUT2D eigenvalue weighted by Crippen LogP contribution is -2.20. The molecular formula is C14H23N3. The fourth-order valence-electron chi connectivity index (χ4n) is 2.84. The van der Waals surface area contributed by atoms with E-state index in [2.05, 4.69) is 15.3 Å². The Balaban J connectivity index is 1.94. The van der Waals surface area contributed by atoms with Crippen molar-refractivity contribution in [2.75, 3.05) is 7.05 Å². The predicted octanol–water partition coefficient (Wildman–Crippen LogP) is 3.10. The van der Waals surface area contributed by atoms with Crippen molar-refractivity contribution in [2.24, 2.45) is 5.92 Å². The first-order valence-electron chi connectivity index (χ1n) is 6.82. The Labute approximate surface area is 104 Å². The van der Waals surface area contributed by atoms with Gasteiger partial charge in [-0.15, -0.1) is 0 Å². The van der Waals surface area contributed by atoms with Crippen LogP contribution in [0.4, 0.5) is 0 Å². The van der Waals surface area contributed by atoms with Gasteiger partial charge in [0.25, 0.3) is 0 Å². The molecule has 1 aromatic heterocycles. The van der Waals surface area contributed by atoms with E-state index in [1.54, 1.807) is 6.33 Å². The van der Waals surface area contributed by atoms with Gasteiger partial charge in [0.2, 0.25) is 0 Å². The molecule has 0 radical (unpaired) electrons. The molecule has 1 atom stereocenters. The van der Waals surface area contributed by atoms with E-state index in [9.17, 15) is 0 Å². The van der Waals surface area contributed by atoms with E-state index in [0.717, 1.165) is 5.92 Å². The minimum atomic E-state index is 0.416. The highest BCUT2D eigenvalue weighted by molar-refractivity contribution is 5.09. The summed E-state index contributed by atoms with van der Waals surface area (Å²) in [7, 11) is 2.04. The maximum atomic E-state index is 4.11. The van der Waals surface area contributed by atoms with Gasteiger partial charge in [-0.2, -0.15) is 0 Å². The molecule has 0 saturated heterocycles. The van der Waals surface area contributed by atoms with Crippen LogP contribution in [0, 0.1) is 5.92 Å². The van der Waals surface area contributed by atoms with E-state index < -0.39 is 0 Å². The number of nitrogens with one attached hydrogen (secondary N) is 1. The molecule has 0 amide bonds. The Bertz CT molecular complexity index is 305. The zero-order valence-electron chi connectivity index (χ0n) is 10.7. The molecular weight excluding hydrogens is 210 g/mol. The molecule has 1 aliphatic carbocycles. The lowest BCUT2D eigenvalue weighted by molar-refractivity contribution is 0.367. The largest absolute Gasteiger partial charge is 0.313 e. The van der Waals surface area contributed by atoms with Crippen molar-refractivity contribution in [3.63, 3.8) is 0 Å². The first-order valence-corrected chi connectivity index (χ1v) is 6.82. The topological polar surface area (TPSA) is 37.8 Å². The summed E-state index contributed by atoms with van der Waals surface area (Å²) in [6.45, 7) is 0. The van der Waals surface area contributed by atoms with Gasteiger partial charge in [-0.25, -0.2) is 9.97 Å². The van der Waals surface area contributed by atoms with Crippen molar-refractivity contribution in [1.29, 1.82) is 0 Å². The molecule has 1 unspecified atom stereocenters. The summed E-state index contributed by atoms with van der Waals surface area (Å²) in [4.78, 5) is 8.23. The molecule has 1 heterocycles. The highest BCUT2D eigenvalue weighted by Crippen LogP contribution is 2.30. The molecule has 0 aromatic carbocycles. The highest BCUT2D eigenvalue weighted by atomic mass is 14.9. The Morgan fingerprint density at radius 2 is 1.82 bits per heavy atom.